The Morgan fingerprint density at radius 3 is 2.90 bits per heavy atom. The van der Waals surface area contributed by atoms with Crippen LogP contribution < -0.4 is 5.32 Å². The fraction of sp³-hybridized carbons (Fsp3) is 0.600. The third kappa shape index (κ3) is 3.48. The Hall–Kier alpha value is -1.62. The number of rotatable bonds is 6. The number of fused-ring (bicyclic) bond motifs is 1. The van der Waals surface area contributed by atoms with E-state index in [9.17, 15) is 9.90 Å². The SMILES string of the molecule is CC(CCN(C)C)Nc1nc2c(cc1C(=O)O)CCC2. The zero-order chi connectivity index (χ0) is 14.7. The second-order valence-electron chi connectivity index (χ2n) is 5.79. The first-order valence-electron chi connectivity index (χ1n) is 7.14. The number of carbonyl (C=O) groups is 1. The predicted molar refractivity (Wildman–Crippen MR) is 79.5 cm³/mol. The summed E-state index contributed by atoms with van der Waals surface area (Å²) in [6.07, 6.45) is 3.92. The van der Waals surface area contributed by atoms with E-state index in [0.29, 0.717) is 11.4 Å². The second kappa shape index (κ2) is 6.22. The van der Waals surface area contributed by atoms with Crippen LogP contribution in [0.3, 0.4) is 0 Å². The normalized spacial score (nSPS) is 15.2. The summed E-state index contributed by atoms with van der Waals surface area (Å²) in [6, 6.07) is 1.99. The van der Waals surface area contributed by atoms with Crippen molar-refractivity contribution in [2.75, 3.05) is 26.0 Å². The van der Waals surface area contributed by atoms with E-state index >= 15 is 0 Å². The largest absolute Gasteiger partial charge is 0.478 e. The molecule has 1 heterocycles. The summed E-state index contributed by atoms with van der Waals surface area (Å²) in [5.74, 6) is -0.390. The highest BCUT2D eigenvalue weighted by molar-refractivity contribution is 5.93. The summed E-state index contributed by atoms with van der Waals surface area (Å²) < 4.78 is 0. The first kappa shape index (κ1) is 14.8. The van der Waals surface area contributed by atoms with E-state index in [2.05, 4.69) is 22.1 Å². The number of anilines is 1. The Labute approximate surface area is 120 Å². The molecule has 20 heavy (non-hydrogen) atoms. The van der Waals surface area contributed by atoms with E-state index < -0.39 is 5.97 Å². The fourth-order valence-corrected chi connectivity index (χ4v) is 2.50. The van der Waals surface area contributed by atoms with Crippen LogP contribution in [0.5, 0.6) is 0 Å². The van der Waals surface area contributed by atoms with Crippen molar-refractivity contribution in [2.24, 2.45) is 0 Å². The molecule has 1 aliphatic carbocycles. The lowest BCUT2D eigenvalue weighted by Crippen LogP contribution is -2.24. The molecule has 0 amide bonds. The molecule has 5 heteroatoms. The van der Waals surface area contributed by atoms with Gasteiger partial charge >= 0.3 is 5.97 Å². The van der Waals surface area contributed by atoms with Crippen LogP contribution >= 0.6 is 0 Å². The van der Waals surface area contributed by atoms with Gasteiger partial charge in [-0.15, -0.1) is 0 Å². The van der Waals surface area contributed by atoms with Crippen LogP contribution in [0.25, 0.3) is 0 Å². The number of hydrogen-bond donors (Lipinski definition) is 2. The van der Waals surface area contributed by atoms with Crippen molar-refractivity contribution in [3.63, 3.8) is 0 Å². The van der Waals surface area contributed by atoms with Gasteiger partial charge < -0.3 is 15.3 Å². The van der Waals surface area contributed by atoms with Crippen molar-refractivity contribution in [3.05, 3.63) is 22.9 Å². The molecule has 1 aromatic rings. The van der Waals surface area contributed by atoms with Crippen LogP contribution in [0.15, 0.2) is 6.07 Å². The predicted octanol–water partition coefficient (Wildman–Crippen LogP) is 2.02. The Balaban J connectivity index is 2.15. The molecule has 0 aromatic carbocycles. The van der Waals surface area contributed by atoms with Gasteiger partial charge in [0, 0.05) is 11.7 Å². The molecule has 0 fully saturated rings. The van der Waals surface area contributed by atoms with Gasteiger partial charge in [-0.05, 0) is 64.9 Å². The van der Waals surface area contributed by atoms with Gasteiger partial charge in [-0.3, -0.25) is 0 Å². The van der Waals surface area contributed by atoms with Crippen LogP contribution in [0.1, 0.15) is 41.4 Å². The maximum atomic E-state index is 11.4. The first-order valence-corrected chi connectivity index (χ1v) is 7.14. The third-order valence-electron chi connectivity index (χ3n) is 3.67. The molecular formula is C15H23N3O2. The highest BCUT2D eigenvalue weighted by Gasteiger charge is 2.20. The van der Waals surface area contributed by atoms with E-state index in [4.69, 9.17) is 0 Å². The number of pyridine rings is 1. The number of nitrogens with zero attached hydrogens (tertiary/aromatic N) is 2. The number of carboxylic acids is 1. The number of aromatic nitrogens is 1. The molecule has 2 rings (SSSR count). The van der Waals surface area contributed by atoms with Gasteiger partial charge in [-0.1, -0.05) is 0 Å². The van der Waals surface area contributed by atoms with Gasteiger partial charge in [-0.25, -0.2) is 9.78 Å². The molecule has 110 valence electrons. The Morgan fingerprint density at radius 1 is 1.50 bits per heavy atom. The van der Waals surface area contributed by atoms with E-state index in [-0.39, 0.29) is 6.04 Å². The number of aromatic carboxylic acids is 1. The van der Waals surface area contributed by atoms with E-state index in [1.165, 1.54) is 0 Å². The van der Waals surface area contributed by atoms with E-state index in [1.54, 1.807) is 6.07 Å². The third-order valence-corrected chi connectivity index (χ3v) is 3.67. The Bertz CT molecular complexity index is 500. The van der Waals surface area contributed by atoms with Gasteiger partial charge in [0.25, 0.3) is 0 Å². The minimum atomic E-state index is -0.908. The van der Waals surface area contributed by atoms with Crippen molar-refractivity contribution in [1.29, 1.82) is 0 Å². The molecule has 0 bridgehead atoms. The van der Waals surface area contributed by atoms with Crippen molar-refractivity contribution < 1.29 is 9.90 Å². The van der Waals surface area contributed by atoms with Gasteiger partial charge in [0.2, 0.25) is 0 Å². The Kier molecular flexibility index (Phi) is 4.60. The first-order chi connectivity index (χ1) is 9.47. The molecule has 0 saturated heterocycles. The van der Waals surface area contributed by atoms with Crippen molar-refractivity contribution in [1.82, 2.24) is 9.88 Å². The van der Waals surface area contributed by atoms with Crippen LogP contribution in [0, 0.1) is 0 Å². The molecule has 1 aromatic heterocycles. The minimum absolute atomic E-state index is 0.197. The van der Waals surface area contributed by atoms with Crippen LogP contribution in [-0.4, -0.2) is 47.6 Å². The summed E-state index contributed by atoms with van der Waals surface area (Å²) in [6.45, 7) is 3.02. The molecule has 0 aliphatic heterocycles. The van der Waals surface area contributed by atoms with E-state index in [0.717, 1.165) is 43.5 Å². The lowest BCUT2D eigenvalue weighted by atomic mass is 10.1. The molecule has 1 unspecified atom stereocenters. The number of nitrogens with one attached hydrogen (secondary N) is 1. The number of aryl methyl sites for hydroxylation is 2. The standard InChI is InChI=1S/C15H23N3O2/c1-10(7-8-18(2)3)16-14-12(15(19)20)9-11-5-4-6-13(11)17-14/h9-10H,4-8H2,1-3H3,(H,16,17)(H,19,20). The molecule has 0 saturated carbocycles. The van der Waals surface area contributed by atoms with Gasteiger partial charge in [0.1, 0.15) is 11.4 Å². The summed E-state index contributed by atoms with van der Waals surface area (Å²) in [7, 11) is 4.06. The van der Waals surface area contributed by atoms with Crippen LogP contribution in [0.4, 0.5) is 5.82 Å². The fourth-order valence-electron chi connectivity index (χ4n) is 2.50. The topological polar surface area (TPSA) is 65.5 Å². The molecule has 0 radical (unpaired) electrons. The zero-order valence-corrected chi connectivity index (χ0v) is 12.4. The number of hydrogen-bond acceptors (Lipinski definition) is 4. The quantitative estimate of drug-likeness (QED) is 0.833. The highest BCUT2D eigenvalue weighted by atomic mass is 16.4. The monoisotopic (exact) mass is 277 g/mol. The average Bonchev–Trinajstić information content (AvgIpc) is 2.82. The lowest BCUT2D eigenvalue weighted by molar-refractivity contribution is 0.0697. The maximum Gasteiger partial charge on any atom is 0.339 e. The molecular weight excluding hydrogens is 254 g/mol. The van der Waals surface area contributed by atoms with Gasteiger partial charge in [0.05, 0.1) is 0 Å². The second-order valence-corrected chi connectivity index (χ2v) is 5.79. The summed E-state index contributed by atoms with van der Waals surface area (Å²) in [5, 5.41) is 12.6. The highest BCUT2D eigenvalue weighted by Crippen LogP contribution is 2.26. The average molecular weight is 277 g/mol. The molecule has 2 N–H and O–H groups in total. The van der Waals surface area contributed by atoms with Crippen molar-refractivity contribution >= 4 is 11.8 Å². The maximum absolute atomic E-state index is 11.4. The Morgan fingerprint density at radius 2 is 2.25 bits per heavy atom. The molecule has 0 spiro atoms. The summed E-state index contributed by atoms with van der Waals surface area (Å²) in [5.41, 5.74) is 2.44. The smallest absolute Gasteiger partial charge is 0.339 e. The molecule has 1 atom stereocenters. The zero-order valence-electron chi connectivity index (χ0n) is 12.4. The van der Waals surface area contributed by atoms with E-state index in [1.807, 2.05) is 14.1 Å². The van der Waals surface area contributed by atoms with Crippen LogP contribution in [0.2, 0.25) is 0 Å². The minimum Gasteiger partial charge on any atom is -0.478 e. The molecule has 1 aliphatic rings. The molecule has 5 nitrogen and oxygen atoms in total. The summed E-state index contributed by atoms with van der Waals surface area (Å²) >= 11 is 0. The van der Waals surface area contributed by atoms with Crippen molar-refractivity contribution in [3.8, 4) is 0 Å². The lowest BCUT2D eigenvalue weighted by Gasteiger charge is -2.19. The van der Waals surface area contributed by atoms with Crippen LogP contribution in [-0.2, 0) is 12.8 Å². The van der Waals surface area contributed by atoms with Gasteiger partial charge in [0.15, 0.2) is 0 Å². The van der Waals surface area contributed by atoms with Crippen molar-refractivity contribution in [2.45, 2.75) is 38.6 Å². The van der Waals surface area contributed by atoms with Gasteiger partial charge in [-0.2, -0.15) is 0 Å². The summed E-state index contributed by atoms with van der Waals surface area (Å²) in [4.78, 5) is 18.0. The number of carboxylic acid groups (broad SMARTS) is 1.